The summed E-state index contributed by atoms with van der Waals surface area (Å²) in [4.78, 5) is 6.71. The molecule has 2 saturated heterocycles. The Bertz CT molecular complexity index is 685. The van der Waals surface area contributed by atoms with Gasteiger partial charge < -0.3 is 20.1 Å². The molecule has 0 spiro atoms. The standard InChI is InChI=1S/C22H34ClFN4O2/c1-25-22(26-8-3-10-29-15-17-7-11-30-16-17)27-20-4-2-9-28(14-20)13-18-5-6-19(24)12-21(18)23/h5-6,12,17,20H,2-4,7-11,13-16H2,1H3,(H2,25,26,27). The molecule has 2 heterocycles. The number of rotatable bonds is 9. The van der Waals surface area contributed by atoms with Crippen molar-refractivity contribution in [3.05, 3.63) is 34.6 Å². The van der Waals surface area contributed by atoms with E-state index in [1.54, 1.807) is 13.1 Å². The lowest BCUT2D eigenvalue weighted by Gasteiger charge is -2.34. The molecule has 2 unspecified atom stereocenters. The van der Waals surface area contributed by atoms with E-state index < -0.39 is 0 Å². The van der Waals surface area contributed by atoms with Gasteiger partial charge in [0.15, 0.2) is 5.96 Å². The Labute approximate surface area is 184 Å². The van der Waals surface area contributed by atoms with Crippen LogP contribution in [0.4, 0.5) is 4.39 Å². The number of hydrogen-bond donors (Lipinski definition) is 2. The van der Waals surface area contributed by atoms with Crippen LogP contribution in [-0.2, 0) is 16.0 Å². The highest BCUT2D eigenvalue weighted by Crippen LogP contribution is 2.21. The number of hydrogen-bond acceptors (Lipinski definition) is 4. The number of benzene rings is 1. The molecule has 0 bridgehead atoms. The van der Waals surface area contributed by atoms with Gasteiger partial charge in [-0.2, -0.15) is 0 Å². The number of piperidine rings is 1. The number of guanidine groups is 1. The van der Waals surface area contributed by atoms with E-state index in [0.29, 0.717) is 17.0 Å². The quantitative estimate of drug-likeness (QED) is 0.351. The fourth-order valence-electron chi connectivity index (χ4n) is 3.94. The first-order valence-electron chi connectivity index (χ1n) is 10.9. The van der Waals surface area contributed by atoms with Crippen LogP contribution >= 0.6 is 11.6 Å². The topological polar surface area (TPSA) is 58.1 Å². The minimum atomic E-state index is -0.297. The zero-order chi connectivity index (χ0) is 21.2. The predicted molar refractivity (Wildman–Crippen MR) is 119 cm³/mol. The molecule has 3 rings (SSSR count). The SMILES string of the molecule is CN=C(NCCCOCC1CCOC1)NC1CCCN(Cc2ccc(F)cc2Cl)C1. The summed E-state index contributed by atoms with van der Waals surface area (Å²) >= 11 is 6.19. The Morgan fingerprint density at radius 1 is 1.40 bits per heavy atom. The Morgan fingerprint density at radius 2 is 2.30 bits per heavy atom. The summed E-state index contributed by atoms with van der Waals surface area (Å²) < 4.78 is 24.4. The summed E-state index contributed by atoms with van der Waals surface area (Å²) in [5.41, 5.74) is 0.963. The first kappa shape index (κ1) is 23.3. The molecule has 0 aliphatic carbocycles. The highest BCUT2D eigenvalue weighted by molar-refractivity contribution is 6.31. The number of nitrogens with one attached hydrogen (secondary N) is 2. The lowest BCUT2D eigenvalue weighted by atomic mass is 10.0. The van der Waals surface area contributed by atoms with Crippen LogP contribution in [0.15, 0.2) is 23.2 Å². The molecule has 30 heavy (non-hydrogen) atoms. The van der Waals surface area contributed by atoms with Crippen molar-refractivity contribution in [3.63, 3.8) is 0 Å². The summed E-state index contributed by atoms with van der Waals surface area (Å²) in [5.74, 6) is 1.09. The number of likely N-dealkylation sites (tertiary alicyclic amines) is 1. The van der Waals surface area contributed by atoms with Crippen LogP contribution < -0.4 is 10.6 Å². The van der Waals surface area contributed by atoms with E-state index in [1.807, 2.05) is 0 Å². The smallest absolute Gasteiger partial charge is 0.191 e. The minimum Gasteiger partial charge on any atom is -0.381 e. The first-order valence-corrected chi connectivity index (χ1v) is 11.3. The molecule has 0 amide bonds. The van der Waals surface area contributed by atoms with Gasteiger partial charge in [0, 0.05) is 56.9 Å². The monoisotopic (exact) mass is 440 g/mol. The minimum absolute atomic E-state index is 0.297. The second-order valence-corrected chi connectivity index (χ2v) is 8.52. The highest BCUT2D eigenvalue weighted by Gasteiger charge is 2.21. The van der Waals surface area contributed by atoms with Gasteiger partial charge in [-0.3, -0.25) is 9.89 Å². The van der Waals surface area contributed by atoms with Gasteiger partial charge in [-0.1, -0.05) is 17.7 Å². The van der Waals surface area contributed by atoms with E-state index in [1.165, 1.54) is 12.1 Å². The summed E-state index contributed by atoms with van der Waals surface area (Å²) in [6, 6.07) is 4.95. The third-order valence-electron chi connectivity index (χ3n) is 5.61. The highest BCUT2D eigenvalue weighted by atomic mass is 35.5. The zero-order valence-electron chi connectivity index (χ0n) is 17.8. The molecule has 2 fully saturated rings. The maximum Gasteiger partial charge on any atom is 0.191 e. The van der Waals surface area contributed by atoms with Crippen molar-refractivity contribution >= 4 is 17.6 Å². The van der Waals surface area contributed by atoms with Crippen LogP contribution in [0.25, 0.3) is 0 Å². The van der Waals surface area contributed by atoms with Crippen LogP contribution in [0.1, 0.15) is 31.2 Å². The molecule has 1 aromatic rings. The normalized spacial score (nSPS) is 23.0. The van der Waals surface area contributed by atoms with Crippen LogP contribution in [0.2, 0.25) is 5.02 Å². The molecule has 0 radical (unpaired) electrons. The van der Waals surface area contributed by atoms with E-state index in [2.05, 4.69) is 20.5 Å². The molecule has 6 nitrogen and oxygen atoms in total. The molecule has 1 aromatic carbocycles. The van der Waals surface area contributed by atoms with Crippen molar-refractivity contribution in [1.82, 2.24) is 15.5 Å². The fourth-order valence-corrected chi connectivity index (χ4v) is 4.17. The Morgan fingerprint density at radius 3 is 3.07 bits per heavy atom. The van der Waals surface area contributed by atoms with Gasteiger partial charge in [-0.15, -0.1) is 0 Å². The summed E-state index contributed by atoms with van der Waals surface area (Å²) in [6.07, 6.45) is 4.25. The number of nitrogens with zero attached hydrogens (tertiary/aromatic N) is 2. The van der Waals surface area contributed by atoms with Gasteiger partial charge in [0.2, 0.25) is 0 Å². The number of aliphatic imine (C=N–C) groups is 1. The van der Waals surface area contributed by atoms with Gasteiger partial charge in [-0.25, -0.2) is 4.39 Å². The second-order valence-electron chi connectivity index (χ2n) is 8.11. The molecule has 2 N–H and O–H groups in total. The lowest BCUT2D eigenvalue weighted by Crippen LogP contribution is -2.51. The van der Waals surface area contributed by atoms with Crippen molar-refractivity contribution in [1.29, 1.82) is 0 Å². The van der Waals surface area contributed by atoms with E-state index in [9.17, 15) is 4.39 Å². The molecule has 2 aliphatic rings. The van der Waals surface area contributed by atoms with Crippen LogP contribution in [0.3, 0.4) is 0 Å². The van der Waals surface area contributed by atoms with Gasteiger partial charge in [-0.05, 0) is 49.9 Å². The van der Waals surface area contributed by atoms with Crippen molar-refractivity contribution in [2.24, 2.45) is 10.9 Å². The average molecular weight is 441 g/mol. The third-order valence-corrected chi connectivity index (χ3v) is 5.97. The van der Waals surface area contributed by atoms with E-state index in [0.717, 1.165) is 89.8 Å². The van der Waals surface area contributed by atoms with Crippen LogP contribution in [0.5, 0.6) is 0 Å². The largest absolute Gasteiger partial charge is 0.381 e. The predicted octanol–water partition coefficient (Wildman–Crippen LogP) is 3.05. The van der Waals surface area contributed by atoms with E-state index in [-0.39, 0.29) is 5.82 Å². The second kappa shape index (κ2) is 12.4. The molecule has 2 aliphatic heterocycles. The Hall–Kier alpha value is -1.41. The molecular formula is C22H34ClFN4O2. The molecule has 2 atom stereocenters. The van der Waals surface area contributed by atoms with E-state index in [4.69, 9.17) is 21.1 Å². The van der Waals surface area contributed by atoms with Crippen molar-refractivity contribution in [2.75, 3.05) is 53.1 Å². The first-order chi connectivity index (χ1) is 14.6. The van der Waals surface area contributed by atoms with Gasteiger partial charge in [0.05, 0.1) is 13.2 Å². The van der Waals surface area contributed by atoms with Crippen molar-refractivity contribution in [2.45, 2.75) is 38.3 Å². The Balaban J connectivity index is 1.34. The van der Waals surface area contributed by atoms with Crippen molar-refractivity contribution in [3.8, 4) is 0 Å². The molecule has 0 aromatic heterocycles. The maximum absolute atomic E-state index is 13.3. The number of halogens is 2. The van der Waals surface area contributed by atoms with Gasteiger partial charge in [0.25, 0.3) is 0 Å². The molecule has 0 saturated carbocycles. The number of ether oxygens (including phenoxy) is 2. The van der Waals surface area contributed by atoms with Gasteiger partial charge in [0.1, 0.15) is 5.82 Å². The average Bonchev–Trinajstić information content (AvgIpc) is 3.25. The molecule has 168 valence electrons. The van der Waals surface area contributed by atoms with Crippen molar-refractivity contribution < 1.29 is 13.9 Å². The molecule has 8 heteroatoms. The van der Waals surface area contributed by atoms with E-state index >= 15 is 0 Å². The third kappa shape index (κ3) is 7.69. The van der Waals surface area contributed by atoms with Crippen LogP contribution in [-0.4, -0.2) is 70.0 Å². The summed E-state index contributed by atoms with van der Waals surface area (Å²) in [5, 5.41) is 7.40. The molecular weight excluding hydrogens is 407 g/mol. The fraction of sp³-hybridized carbons (Fsp3) is 0.682. The lowest BCUT2D eigenvalue weighted by molar-refractivity contribution is 0.0888. The summed E-state index contributed by atoms with van der Waals surface area (Å²) in [6.45, 7) is 6.71. The summed E-state index contributed by atoms with van der Waals surface area (Å²) in [7, 11) is 1.80. The zero-order valence-corrected chi connectivity index (χ0v) is 18.6. The maximum atomic E-state index is 13.3. The Kier molecular flexibility index (Phi) is 9.65. The van der Waals surface area contributed by atoms with Crippen LogP contribution in [0, 0.1) is 11.7 Å². The van der Waals surface area contributed by atoms with Gasteiger partial charge >= 0.3 is 0 Å².